The van der Waals surface area contributed by atoms with Crippen LogP contribution in [0.15, 0.2) is 23.1 Å². The first kappa shape index (κ1) is 15.4. The normalized spacial score (nSPS) is 27.5. The van der Waals surface area contributed by atoms with E-state index >= 15 is 0 Å². The van der Waals surface area contributed by atoms with Crippen molar-refractivity contribution in [1.29, 1.82) is 0 Å². The van der Waals surface area contributed by atoms with E-state index in [4.69, 9.17) is 0 Å². The molecule has 1 aromatic carbocycles. The smallest absolute Gasteiger partial charge is 0.208 e. The van der Waals surface area contributed by atoms with Crippen LogP contribution in [0.1, 0.15) is 33.1 Å². The van der Waals surface area contributed by atoms with Crippen LogP contribution in [-0.2, 0) is 10.0 Å². The van der Waals surface area contributed by atoms with Gasteiger partial charge in [0.2, 0.25) is 10.0 Å². The van der Waals surface area contributed by atoms with E-state index in [2.05, 4.69) is 11.6 Å². The second-order valence-corrected chi connectivity index (χ2v) is 7.28. The lowest BCUT2D eigenvalue weighted by molar-refractivity contribution is 0.227. The van der Waals surface area contributed by atoms with Gasteiger partial charge in [0.25, 0.3) is 0 Å². The van der Waals surface area contributed by atoms with Crippen LogP contribution >= 0.6 is 0 Å². The molecule has 3 atom stereocenters. The number of hydrogen-bond acceptors (Lipinski definition) is 2. The fourth-order valence-electron chi connectivity index (χ4n) is 2.66. The highest BCUT2D eigenvalue weighted by Gasteiger charge is 2.30. The lowest BCUT2D eigenvalue weighted by atomic mass is 9.78. The summed E-state index contributed by atoms with van der Waals surface area (Å²) in [5.74, 6) is -1.54. The molecule has 3 nitrogen and oxygen atoms in total. The standard InChI is InChI=1S/C14H19F2NO2S/c1-9-4-3-5-14(10(9)2)17-20(18,19)11-6-7-12(15)13(16)8-11/h6-10,14,17H,3-5H2,1-2H3. The molecular formula is C14H19F2NO2S. The van der Waals surface area contributed by atoms with Crippen molar-refractivity contribution in [1.82, 2.24) is 4.72 Å². The summed E-state index contributed by atoms with van der Waals surface area (Å²) >= 11 is 0. The zero-order valence-electron chi connectivity index (χ0n) is 11.6. The Morgan fingerprint density at radius 2 is 1.85 bits per heavy atom. The van der Waals surface area contributed by atoms with Gasteiger partial charge in [-0.05, 0) is 36.5 Å². The summed E-state index contributed by atoms with van der Waals surface area (Å²) < 4.78 is 53.1. The fraction of sp³-hybridized carbons (Fsp3) is 0.571. The average molecular weight is 303 g/mol. The number of benzene rings is 1. The van der Waals surface area contributed by atoms with Crippen LogP contribution in [0.25, 0.3) is 0 Å². The van der Waals surface area contributed by atoms with Crippen LogP contribution in [0.4, 0.5) is 8.78 Å². The van der Waals surface area contributed by atoms with Crippen molar-refractivity contribution in [2.75, 3.05) is 0 Å². The molecule has 1 aliphatic carbocycles. The first-order valence-corrected chi connectivity index (χ1v) is 8.27. The number of halogens is 2. The summed E-state index contributed by atoms with van der Waals surface area (Å²) in [6, 6.07) is 2.47. The van der Waals surface area contributed by atoms with Gasteiger partial charge in [-0.15, -0.1) is 0 Å². The van der Waals surface area contributed by atoms with Crippen LogP contribution in [0.5, 0.6) is 0 Å². The number of hydrogen-bond donors (Lipinski definition) is 1. The molecule has 112 valence electrons. The van der Waals surface area contributed by atoms with Crippen molar-refractivity contribution < 1.29 is 17.2 Å². The van der Waals surface area contributed by atoms with Crippen LogP contribution in [0.2, 0.25) is 0 Å². The van der Waals surface area contributed by atoms with Crippen molar-refractivity contribution in [3.8, 4) is 0 Å². The van der Waals surface area contributed by atoms with Crippen LogP contribution in [-0.4, -0.2) is 14.5 Å². The van der Waals surface area contributed by atoms with Crippen LogP contribution in [0, 0.1) is 23.5 Å². The molecule has 1 aliphatic rings. The molecule has 0 radical (unpaired) electrons. The lowest BCUT2D eigenvalue weighted by Gasteiger charge is -2.34. The maximum absolute atomic E-state index is 13.2. The summed E-state index contributed by atoms with van der Waals surface area (Å²) in [7, 11) is -3.81. The lowest BCUT2D eigenvalue weighted by Crippen LogP contribution is -2.43. The minimum Gasteiger partial charge on any atom is -0.208 e. The van der Waals surface area contributed by atoms with Gasteiger partial charge in [-0.2, -0.15) is 0 Å². The monoisotopic (exact) mass is 303 g/mol. The van der Waals surface area contributed by atoms with Gasteiger partial charge >= 0.3 is 0 Å². The van der Waals surface area contributed by atoms with E-state index in [1.165, 1.54) is 0 Å². The molecular weight excluding hydrogens is 284 g/mol. The Kier molecular flexibility index (Phi) is 4.44. The largest absolute Gasteiger partial charge is 0.240 e. The second kappa shape index (κ2) is 5.77. The Morgan fingerprint density at radius 1 is 1.15 bits per heavy atom. The zero-order valence-corrected chi connectivity index (χ0v) is 12.4. The molecule has 1 fully saturated rings. The summed E-state index contributed by atoms with van der Waals surface area (Å²) in [4.78, 5) is -0.234. The highest BCUT2D eigenvalue weighted by Crippen LogP contribution is 2.30. The molecule has 0 spiro atoms. The molecule has 1 saturated carbocycles. The quantitative estimate of drug-likeness (QED) is 0.933. The van der Waals surface area contributed by atoms with E-state index in [0.717, 1.165) is 31.4 Å². The molecule has 0 aliphatic heterocycles. The third kappa shape index (κ3) is 3.17. The van der Waals surface area contributed by atoms with Gasteiger partial charge in [-0.25, -0.2) is 21.9 Å². The Balaban J connectivity index is 2.20. The van der Waals surface area contributed by atoms with Gasteiger partial charge in [0.05, 0.1) is 4.90 Å². The summed E-state index contributed by atoms with van der Waals surface area (Å²) in [5, 5.41) is 0. The first-order valence-electron chi connectivity index (χ1n) is 6.78. The predicted molar refractivity (Wildman–Crippen MR) is 72.6 cm³/mol. The van der Waals surface area contributed by atoms with E-state index in [1.807, 2.05) is 6.92 Å². The Hall–Kier alpha value is -1.01. The SMILES string of the molecule is CC1CCCC(NS(=O)(=O)c2ccc(F)c(F)c2)C1C. The van der Waals surface area contributed by atoms with E-state index in [0.29, 0.717) is 12.0 Å². The Bertz CT molecular complexity index is 589. The van der Waals surface area contributed by atoms with Gasteiger partial charge < -0.3 is 0 Å². The maximum Gasteiger partial charge on any atom is 0.240 e. The molecule has 0 amide bonds. The Morgan fingerprint density at radius 3 is 2.50 bits per heavy atom. The highest BCUT2D eigenvalue weighted by atomic mass is 32.2. The zero-order chi connectivity index (χ0) is 14.9. The Labute approximate surface area is 118 Å². The van der Waals surface area contributed by atoms with Crippen molar-refractivity contribution >= 4 is 10.0 Å². The van der Waals surface area contributed by atoms with Gasteiger partial charge in [-0.1, -0.05) is 26.7 Å². The maximum atomic E-state index is 13.2. The topological polar surface area (TPSA) is 46.2 Å². The minimum absolute atomic E-state index is 0.156. The summed E-state index contributed by atoms with van der Waals surface area (Å²) in [6.45, 7) is 4.12. The van der Waals surface area contributed by atoms with Gasteiger partial charge in [0.1, 0.15) is 0 Å². The van der Waals surface area contributed by atoms with Gasteiger partial charge in [0.15, 0.2) is 11.6 Å². The number of nitrogens with one attached hydrogen (secondary N) is 1. The van der Waals surface area contributed by atoms with Gasteiger partial charge in [0, 0.05) is 6.04 Å². The summed E-state index contributed by atoms with van der Waals surface area (Å²) in [5.41, 5.74) is 0. The molecule has 2 rings (SSSR count). The molecule has 3 unspecified atom stereocenters. The molecule has 1 N–H and O–H groups in total. The van der Waals surface area contributed by atoms with E-state index < -0.39 is 21.7 Å². The molecule has 6 heteroatoms. The van der Waals surface area contributed by atoms with Crippen molar-refractivity contribution in [2.24, 2.45) is 11.8 Å². The van der Waals surface area contributed by atoms with E-state index in [1.54, 1.807) is 0 Å². The fourth-order valence-corrected chi connectivity index (χ4v) is 4.03. The average Bonchev–Trinajstić information content (AvgIpc) is 2.38. The highest BCUT2D eigenvalue weighted by molar-refractivity contribution is 7.89. The molecule has 1 aromatic rings. The van der Waals surface area contributed by atoms with Crippen molar-refractivity contribution in [2.45, 2.75) is 44.0 Å². The third-order valence-corrected chi connectivity index (χ3v) is 5.70. The molecule has 0 aromatic heterocycles. The van der Waals surface area contributed by atoms with Crippen molar-refractivity contribution in [3.05, 3.63) is 29.8 Å². The molecule has 20 heavy (non-hydrogen) atoms. The van der Waals surface area contributed by atoms with Crippen LogP contribution < -0.4 is 4.72 Å². The van der Waals surface area contributed by atoms with E-state index in [-0.39, 0.29) is 16.9 Å². The van der Waals surface area contributed by atoms with Gasteiger partial charge in [-0.3, -0.25) is 0 Å². The second-order valence-electron chi connectivity index (χ2n) is 5.57. The molecule has 0 saturated heterocycles. The van der Waals surface area contributed by atoms with E-state index in [9.17, 15) is 17.2 Å². The summed E-state index contributed by atoms with van der Waals surface area (Å²) in [6.07, 6.45) is 2.83. The number of rotatable bonds is 3. The first-order chi connectivity index (χ1) is 9.31. The predicted octanol–water partition coefficient (Wildman–Crippen LogP) is 3.07. The molecule has 0 heterocycles. The minimum atomic E-state index is -3.81. The third-order valence-electron chi connectivity index (χ3n) is 4.21. The number of sulfonamides is 1. The molecule has 0 bridgehead atoms. The van der Waals surface area contributed by atoms with Crippen LogP contribution in [0.3, 0.4) is 0 Å². The van der Waals surface area contributed by atoms with Crippen molar-refractivity contribution in [3.63, 3.8) is 0 Å².